The fourth-order valence-corrected chi connectivity index (χ4v) is 2.15. The van der Waals surface area contributed by atoms with Gasteiger partial charge in [-0.25, -0.2) is 4.98 Å². The molecule has 1 heterocycles. The highest BCUT2D eigenvalue weighted by molar-refractivity contribution is 9.10. The summed E-state index contributed by atoms with van der Waals surface area (Å²) in [4.78, 5) is 30.0. The molecule has 23 heavy (non-hydrogen) atoms. The summed E-state index contributed by atoms with van der Waals surface area (Å²) in [5.41, 5.74) is 4.68. The van der Waals surface area contributed by atoms with Crippen LogP contribution in [0.5, 0.6) is 5.88 Å². The normalized spacial score (nSPS) is 10.0. The SMILES string of the molecule is CCOc1ncnc(NNC(=O)c2ccccc2Br)c1[N+](=O)[O-]. The van der Waals surface area contributed by atoms with Gasteiger partial charge < -0.3 is 4.74 Å². The molecule has 0 saturated carbocycles. The third-order valence-corrected chi connectivity index (χ3v) is 3.36. The standard InChI is InChI=1S/C13H12BrN5O4/c1-2-23-13-10(19(21)22)11(15-7-16-13)17-18-12(20)8-5-3-4-6-9(8)14/h3-7H,2H2,1H3,(H,18,20)(H,15,16,17). The number of halogens is 1. The summed E-state index contributed by atoms with van der Waals surface area (Å²) in [7, 11) is 0. The molecule has 2 aromatic rings. The summed E-state index contributed by atoms with van der Waals surface area (Å²) in [6.45, 7) is 1.88. The minimum absolute atomic E-state index is 0.172. The summed E-state index contributed by atoms with van der Waals surface area (Å²) in [5, 5.41) is 11.2. The zero-order valence-corrected chi connectivity index (χ0v) is 13.5. The molecule has 0 aliphatic rings. The Labute approximate surface area is 139 Å². The van der Waals surface area contributed by atoms with Crippen molar-refractivity contribution in [2.75, 3.05) is 12.0 Å². The van der Waals surface area contributed by atoms with Gasteiger partial charge in [0.2, 0.25) is 5.82 Å². The first-order chi connectivity index (χ1) is 11.0. The molecule has 0 aliphatic carbocycles. The molecule has 2 rings (SSSR count). The van der Waals surface area contributed by atoms with E-state index in [2.05, 4.69) is 36.7 Å². The second kappa shape index (κ2) is 7.49. The summed E-state index contributed by atoms with van der Waals surface area (Å²) in [5.74, 6) is -0.831. The van der Waals surface area contributed by atoms with E-state index in [1.807, 2.05) is 0 Å². The van der Waals surface area contributed by atoms with Crippen molar-refractivity contribution in [1.82, 2.24) is 15.4 Å². The Hall–Kier alpha value is -2.75. The second-order valence-electron chi connectivity index (χ2n) is 4.13. The number of anilines is 1. The van der Waals surface area contributed by atoms with Gasteiger partial charge in [0.15, 0.2) is 0 Å². The molecule has 9 nitrogen and oxygen atoms in total. The number of nitrogens with zero attached hydrogens (tertiary/aromatic N) is 3. The molecular weight excluding hydrogens is 370 g/mol. The molecule has 0 spiro atoms. The van der Waals surface area contributed by atoms with Crippen molar-refractivity contribution in [3.8, 4) is 5.88 Å². The van der Waals surface area contributed by atoms with E-state index in [1.54, 1.807) is 31.2 Å². The van der Waals surface area contributed by atoms with E-state index in [9.17, 15) is 14.9 Å². The van der Waals surface area contributed by atoms with Crippen LogP contribution in [0.2, 0.25) is 0 Å². The molecule has 120 valence electrons. The third kappa shape index (κ3) is 3.92. The molecule has 1 amide bonds. The van der Waals surface area contributed by atoms with Crippen LogP contribution in [0.15, 0.2) is 35.1 Å². The van der Waals surface area contributed by atoms with E-state index in [0.717, 1.165) is 6.33 Å². The van der Waals surface area contributed by atoms with Gasteiger partial charge in [0.25, 0.3) is 11.8 Å². The minimum atomic E-state index is -0.683. The van der Waals surface area contributed by atoms with Crippen LogP contribution in [0.25, 0.3) is 0 Å². The van der Waals surface area contributed by atoms with E-state index in [4.69, 9.17) is 4.74 Å². The Kier molecular flexibility index (Phi) is 5.41. The quantitative estimate of drug-likeness (QED) is 0.581. The number of hydrogen-bond donors (Lipinski definition) is 2. The van der Waals surface area contributed by atoms with Crippen LogP contribution in [0.3, 0.4) is 0 Å². The zero-order valence-electron chi connectivity index (χ0n) is 11.9. The average Bonchev–Trinajstić information content (AvgIpc) is 2.53. The van der Waals surface area contributed by atoms with Gasteiger partial charge in [0.1, 0.15) is 6.33 Å². The van der Waals surface area contributed by atoms with Gasteiger partial charge in [-0.15, -0.1) is 0 Å². The fraction of sp³-hybridized carbons (Fsp3) is 0.154. The summed E-state index contributed by atoms with van der Waals surface area (Å²) in [6.07, 6.45) is 1.10. The van der Waals surface area contributed by atoms with Crippen LogP contribution in [0.4, 0.5) is 11.5 Å². The Morgan fingerprint density at radius 2 is 2.13 bits per heavy atom. The smallest absolute Gasteiger partial charge is 0.374 e. The summed E-state index contributed by atoms with van der Waals surface area (Å²) < 4.78 is 5.69. The number of hydrazine groups is 1. The maximum atomic E-state index is 12.1. The largest absolute Gasteiger partial charge is 0.473 e. The molecule has 0 unspecified atom stereocenters. The van der Waals surface area contributed by atoms with Gasteiger partial charge in [-0.2, -0.15) is 4.98 Å². The van der Waals surface area contributed by atoms with Gasteiger partial charge in [-0.05, 0) is 35.0 Å². The van der Waals surface area contributed by atoms with Gasteiger partial charge in [0, 0.05) is 4.47 Å². The van der Waals surface area contributed by atoms with E-state index in [-0.39, 0.29) is 18.3 Å². The summed E-state index contributed by atoms with van der Waals surface area (Å²) in [6, 6.07) is 6.76. The minimum Gasteiger partial charge on any atom is -0.473 e. The monoisotopic (exact) mass is 381 g/mol. The number of nitrogens with one attached hydrogen (secondary N) is 2. The Balaban J connectivity index is 2.20. The number of rotatable bonds is 6. The number of benzene rings is 1. The van der Waals surface area contributed by atoms with E-state index < -0.39 is 16.5 Å². The van der Waals surface area contributed by atoms with Crippen LogP contribution < -0.4 is 15.6 Å². The molecule has 0 atom stereocenters. The Morgan fingerprint density at radius 1 is 1.39 bits per heavy atom. The van der Waals surface area contributed by atoms with Crippen molar-refractivity contribution < 1.29 is 14.5 Å². The number of ether oxygens (including phenoxy) is 1. The number of hydrogen-bond acceptors (Lipinski definition) is 7. The van der Waals surface area contributed by atoms with Crippen molar-refractivity contribution in [2.24, 2.45) is 0 Å². The highest BCUT2D eigenvalue weighted by atomic mass is 79.9. The van der Waals surface area contributed by atoms with Crippen molar-refractivity contribution in [3.63, 3.8) is 0 Å². The fourth-order valence-electron chi connectivity index (χ4n) is 1.69. The summed E-state index contributed by atoms with van der Waals surface area (Å²) >= 11 is 3.25. The maximum Gasteiger partial charge on any atom is 0.374 e. The molecular formula is C13H12BrN5O4. The molecule has 0 bridgehead atoms. The number of aromatic nitrogens is 2. The van der Waals surface area contributed by atoms with Crippen molar-refractivity contribution in [2.45, 2.75) is 6.92 Å². The zero-order chi connectivity index (χ0) is 16.8. The lowest BCUT2D eigenvalue weighted by Gasteiger charge is -2.10. The molecule has 0 fully saturated rings. The predicted octanol–water partition coefficient (Wildman–Crippen LogP) is 2.30. The molecule has 10 heteroatoms. The van der Waals surface area contributed by atoms with Gasteiger partial charge in [-0.1, -0.05) is 12.1 Å². The highest BCUT2D eigenvalue weighted by Gasteiger charge is 2.24. The predicted molar refractivity (Wildman–Crippen MR) is 85.1 cm³/mol. The molecule has 2 N–H and O–H groups in total. The van der Waals surface area contributed by atoms with Crippen LogP contribution in [-0.4, -0.2) is 27.4 Å². The first kappa shape index (κ1) is 16.6. The highest BCUT2D eigenvalue weighted by Crippen LogP contribution is 2.30. The lowest BCUT2D eigenvalue weighted by Crippen LogP contribution is -2.30. The number of carbonyl (C=O) groups is 1. The van der Waals surface area contributed by atoms with Crippen LogP contribution >= 0.6 is 15.9 Å². The van der Waals surface area contributed by atoms with Crippen molar-refractivity contribution >= 4 is 33.3 Å². The molecule has 1 aromatic carbocycles. The lowest BCUT2D eigenvalue weighted by molar-refractivity contribution is -0.385. The van der Waals surface area contributed by atoms with E-state index >= 15 is 0 Å². The van der Waals surface area contributed by atoms with Crippen LogP contribution in [-0.2, 0) is 0 Å². The van der Waals surface area contributed by atoms with Gasteiger partial charge >= 0.3 is 5.69 Å². The first-order valence-corrected chi connectivity index (χ1v) is 7.27. The number of amides is 1. The molecule has 1 aromatic heterocycles. The number of nitro groups is 1. The third-order valence-electron chi connectivity index (χ3n) is 2.67. The topological polar surface area (TPSA) is 119 Å². The van der Waals surface area contributed by atoms with Crippen LogP contribution in [0.1, 0.15) is 17.3 Å². The van der Waals surface area contributed by atoms with Gasteiger partial charge in [0.05, 0.1) is 17.1 Å². The van der Waals surface area contributed by atoms with E-state index in [0.29, 0.717) is 10.0 Å². The first-order valence-electron chi connectivity index (χ1n) is 6.47. The van der Waals surface area contributed by atoms with Crippen molar-refractivity contribution in [3.05, 3.63) is 50.7 Å². The molecule has 0 radical (unpaired) electrons. The lowest BCUT2D eigenvalue weighted by atomic mass is 10.2. The van der Waals surface area contributed by atoms with Crippen molar-refractivity contribution in [1.29, 1.82) is 0 Å². The Morgan fingerprint density at radius 3 is 2.78 bits per heavy atom. The molecule has 0 aliphatic heterocycles. The van der Waals surface area contributed by atoms with Gasteiger partial charge in [-0.3, -0.25) is 25.8 Å². The maximum absolute atomic E-state index is 12.1. The second-order valence-corrected chi connectivity index (χ2v) is 4.98. The molecule has 0 saturated heterocycles. The van der Waals surface area contributed by atoms with Crippen LogP contribution in [0, 0.1) is 10.1 Å². The van der Waals surface area contributed by atoms with E-state index in [1.165, 1.54) is 0 Å². The number of carbonyl (C=O) groups excluding carboxylic acids is 1. The Bertz CT molecular complexity index is 740. The average molecular weight is 382 g/mol.